The molecule has 2 heterocycles. The number of halogens is 3. The molecule has 2 saturated heterocycles. The predicted octanol–water partition coefficient (Wildman–Crippen LogP) is 6.60. The molecule has 42 heavy (non-hydrogen) atoms. The van der Waals surface area contributed by atoms with Crippen LogP contribution in [0.2, 0.25) is 0 Å². The van der Waals surface area contributed by atoms with Crippen molar-refractivity contribution in [3.05, 3.63) is 33.4 Å². The van der Waals surface area contributed by atoms with Gasteiger partial charge in [0, 0.05) is 25.2 Å². The van der Waals surface area contributed by atoms with Crippen LogP contribution in [-0.4, -0.2) is 74.8 Å². The lowest BCUT2D eigenvalue weighted by atomic mass is 9.83. The van der Waals surface area contributed by atoms with Gasteiger partial charge >= 0.3 is 12.3 Å². The lowest BCUT2D eigenvalue weighted by molar-refractivity contribution is -0.391. The van der Waals surface area contributed by atoms with E-state index in [2.05, 4.69) is 0 Å². The number of ether oxygens (including phenoxy) is 3. The van der Waals surface area contributed by atoms with E-state index in [1.165, 1.54) is 9.80 Å². The Bertz CT molecular complexity index is 1210. The van der Waals surface area contributed by atoms with Crippen LogP contribution in [-0.2, 0) is 20.4 Å². The highest BCUT2D eigenvalue weighted by Gasteiger charge is 2.53. The first-order chi connectivity index (χ1) is 19.4. The number of nitro benzene ring substituents is 1. The molecule has 3 aliphatic rings. The van der Waals surface area contributed by atoms with Gasteiger partial charge in [0.2, 0.25) is 0 Å². The van der Waals surface area contributed by atoms with Gasteiger partial charge in [-0.2, -0.15) is 13.2 Å². The van der Waals surface area contributed by atoms with Gasteiger partial charge in [-0.05, 0) is 73.3 Å². The summed E-state index contributed by atoms with van der Waals surface area (Å²) in [6.07, 6.45) is -3.81. The Morgan fingerprint density at radius 1 is 1.19 bits per heavy atom. The highest BCUT2D eigenvalue weighted by Crippen LogP contribution is 2.56. The third kappa shape index (κ3) is 6.80. The molecule has 1 atom stereocenters. The number of carbonyl (C=O) groups excluding carboxylic acids is 2. The van der Waals surface area contributed by atoms with Crippen molar-refractivity contribution < 1.29 is 41.9 Å². The summed E-state index contributed by atoms with van der Waals surface area (Å²) in [7, 11) is 0. The summed E-state index contributed by atoms with van der Waals surface area (Å²) >= 11 is 0.945. The molecule has 234 valence electrons. The van der Waals surface area contributed by atoms with Crippen LogP contribution in [0.25, 0.3) is 0 Å². The van der Waals surface area contributed by atoms with Crippen molar-refractivity contribution in [2.75, 3.05) is 13.1 Å². The largest absolute Gasteiger partial charge is 0.444 e. The highest BCUT2D eigenvalue weighted by atomic mass is 32.2. The zero-order valence-corrected chi connectivity index (χ0v) is 25.5. The first-order valence-corrected chi connectivity index (χ1v) is 14.9. The lowest BCUT2D eigenvalue weighted by Crippen LogP contribution is -2.56. The van der Waals surface area contributed by atoms with E-state index in [9.17, 15) is 32.9 Å². The summed E-state index contributed by atoms with van der Waals surface area (Å²) in [6.45, 7) is 10.6. The monoisotopic (exact) mass is 617 g/mol. The number of alkyl halides is 3. The van der Waals surface area contributed by atoms with Crippen LogP contribution < -0.4 is 0 Å². The average Bonchev–Trinajstić information content (AvgIpc) is 2.82. The van der Waals surface area contributed by atoms with Crippen molar-refractivity contribution in [3.8, 4) is 0 Å². The van der Waals surface area contributed by atoms with E-state index in [1.807, 2.05) is 0 Å². The molecule has 14 heteroatoms. The number of amides is 2. The number of likely N-dealkylation sites (tertiary alicyclic amines) is 1. The third-order valence-electron chi connectivity index (χ3n) is 7.64. The molecule has 1 aliphatic carbocycles. The summed E-state index contributed by atoms with van der Waals surface area (Å²) < 4.78 is 59.5. The minimum atomic E-state index is -4.96. The Morgan fingerprint density at radius 2 is 1.83 bits per heavy atom. The number of hydrogen-bond acceptors (Lipinski definition) is 8. The third-order valence-corrected chi connectivity index (χ3v) is 9.19. The quantitative estimate of drug-likeness (QED) is 0.249. The lowest BCUT2D eigenvalue weighted by Gasteiger charge is -2.51. The van der Waals surface area contributed by atoms with Crippen LogP contribution >= 0.6 is 11.8 Å². The first kappa shape index (κ1) is 32.3. The average molecular weight is 618 g/mol. The second-order valence-electron chi connectivity index (χ2n) is 12.3. The van der Waals surface area contributed by atoms with E-state index in [0.29, 0.717) is 38.3 Å². The fraction of sp³-hybridized carbons (Fsp3) is 0.714. The van der Waals surface area contributed by atoms with E-state index in [-0.39, 0.29) is 11.4 Å². The van der Waals surface area contributed by atoms with E-state index in [4.69, 9.17) is 14.2 Å². The standard InChI is InChI=1S/C28H38F3N3O7S/c1-16(2)33(18-9-7-12-32(15-18)25(36)41-26(4,5)6)23(35)19-13-21(34(37)38)22(14-20(19)28(29,30)31)42-27(10-8-11-27)24-39-17(3)40-24/h13-14,16-18,24H,7-12,15H2,1-6H3/t17?,18-,24?/m1/s1. The molecule has 1 saturated carbocycles. The number of piperidine rings is 1. The molecule has 1 aromatic rings. The number of carbonyl (C=O) groups is 2. The maximum Gasteiger partial charge on any atom is 0.417 e. The Balaban J connectivity index is 1.69. The first-order valence-electron chi connectivity index (χ1n) is 14.1. The molecular weight excluding hydrogens is 579 g/mol. The van der Waals surface area contributed by atoms with Crippen molar-refractivity contribution in [2.24, 2.45) is 0 Å². The molecule has 4 rings (SSSR count). The molecule has 2 aliphatic heterocycles. The number of rotatable bonds is 7. The van der Waals surface area contributed by atoms with Gasteiger partial charge in [-0.3, -0.25) is 14.9 Å². The molecule has 0 aromatic heterocycles. The van der Waals surface area contributed by atoms with Crippen LogP contribution in [0.1, 0.15) is 89.6 Å². The van der Waals surface area contributed by atoms with E-state index >= 15 is 0 Å². The Morgan fingerprint density at radius 3 is 2.31 bits per heavy atom. The summed E-state index contributed by atoms with van der Waals surface area (Å²) in [5.41, 5.74) is -3.37. The maximum absolute atomic E-state index is 14.5. The molecule has 10 nitrogen and oxygen atoms in total. The van der Waals surface area contributed by atoms with Crippen molar-refractivity contribution in [1.82, 2.24) is 9.80 Å². The molecule has 0 N–H and O–H groups in total. The van der Waals surface area contributed by atoms with Gasteiger partial charge in [0.05, 0.1) is 31.7 Å². The van der Waals surface area contributed by atoms with Crippen LogP contribution in [0.15, 0.2) is 17.0 Å². The van der Waals surface area contributed by atoms with Gasteiger partial charge in [-0.25, -0.2) is 4.79 Å². The number of nitrogens with zero attached hydrogens (tertiary/aromatic N) is 3. The molecule has 2 amide bonds. The minimum absolute atomic E-state index is 0.0680. The zero-order valence-electron chi connectivity index (χ0n) is 24.7. The molecular formula is C28H38F3N3O7S. The minimum Gasteiger partial charge on any atom is -0.444 e. The molecule has 0 spiro atoms. The molecule has 0 radical (unpaired) electrons. The number of hydrogen-bond donors (Lipinski definition) is 0. The van der Waals surface area contributed by atoms with Crippen molar-refractivity contribution in [2.45, 2.75) is 120 Å². The van der Waals surface area contributed by atoms with E-state index in [1.54, 1.807) is 41.5 Å². The SMILES string of the molecule is CC1OC(C2(Sc3cc(C(F)(F)F)c(C(=O)N(C(C)C)[C@@H]4CCCN(C(=O)OC(C)(C)C)C4)cc3[N+](=O)[O-])CCC2)O1. The van der Waals surface area contributed by atoms with Crippen LogP contribution in [0, 0.1) is 10.1 Å². The molecule has 0 bridgehead atoms. The van der Waals surface area contributed by atoms with Crippen molar-refractivity contribution in [3.63, 3.8) is 0 Å². The Kier molecular flexibility index (Phi) is 9.11. The van der Waals surface area contributed by atoms with Gasteiger partial charge in [-0.1, -0.05) is 6.42 Å². The van der Waals surface area contributed by atoms with Crippen LogP contribution in [0.3, 0.4) is 0 Å². The zero-order chi connectivity index (χ0) is 31.2. The van der Waals surface area contributed by atoms with E-state index < -0.39 is 74.9 Å². The number of nitro groups is 1. The van der Waals surface area contributed by atoms with Crippen molar-refractivity contribution in [1.29, 1.82) is 0 Å². The summed E-state index contributed by atoms with van der Waals surface area (Å²) in [4.78, 5) is 40.6. The van der Waals surface area contributed by atoms with Gasteiger partial charge in [0.25, 0.3) is 11.6 Å². The number of thioether (sulfide) groups is 1. The number of benzene rings is 1. The van der Waals surface area contributed by atoms with Crippen molar-refractivity contribution >= 4 is 29.4 Å². The predicted molar refractivity (Wildman–Crippen MR) is 148 cm³/mol. The van der Waals surface area contributed by atoms with Gasteiger partial charge in [0.1, 0.15) is 5.60 Å². The van der Waals surface area contributed by atoms with E-state index in [0.717, 1.165) is 24.2 Å². The Labute approximate surface area is 247 Å². The second-order valence-corrected chi connectivity index (χ2v) is 13.8. The maximum atomic E-state index is 14.5. The topological polar surface area (TPSA) is 111 Å². The summed E-state index contributed by atoms with van der Waals surface area (Å²) in [5, 5.41) is 12.2. The summed E-state index contributed by atoms with van der Waals surface area (Å²) in [6, 6.07) is 0.295. The van der Waals surface area contributed by atoms with Crippen LogP contribution in [0.5, 0.6) is 0 Å². The summed E-state index contributed by atoms with van der Waals surface area (Å²) in [5.74, 6) is -0.981. The normalized spacial score (nSPS) is 24.0. The smallest absolute Gasteiger partial charge is 0.417 e. The second kappa shape index (κ2) is 11.8. The van der Waals surface area contributed by atoms with Gasteiger partial charge < -0.3 is 24.0 Å². The van der Waals surface area contributed by atoms with Gasteiger partial charge in [-0.15, -0.1) is 11.8 Å². The van der Waals surface area contributed by atoms with Crippen LogP contribution in [0.4, 0.5) is 23.7 Å². The van der Waals surface area contributed by atoms with Gasteiger partial charge in [0.15, 0.2) is 12.6 Å². The fourth-order valence-corrected chi connectivity index (χ4v) is 7.13. The molecule has 3 fully saturated rings. The fourth-order valence-electron chi connectivity index (χ4n) is 5.58. The highest BCUT2D eigenvalue weighted by molar-refractivity contribution is 8.01. The molecule has 0 unspecified atom stereocenters. The molecule has 1 aromatic carbocycles. The Hall–Kier alpha value is -2.58.